The molecule has 5 heteroatoms. The molecule has 0 aliphatic rings. The molecule has 15 heavy (non-hydrogen) atoms. The van der Waals surface area contributed by atoms with E-state index in [-0.39, 0.29) is 5.75 Å². The Bertz CT molecular complexity index is 412. The Morgan fingerprint density at radius 1 is 1.47 bits per heavy atom. The van der Waals surface area contributed by atoms with E-state index in [9.17, 15) is 8.78 Å². The highest BCUT2D eigenvalue weighted by molar-refractivity contribution is 9.10. The van der Waals surface area contributed by atoms with Crippen LogP contribution in [-0.4, -0.2) is 6.61 Å². The summed E-state index contributed by atoms with van der Waals surface area (Å²) < 4.78 is 29.0. The molecule has 0 radical (unpaired) electrons. The van der Waals surface area contributed by atoms with E-state index in [0.29, 0.717) is 5.56 Å². The van der Waals surface area contributed by atoms with Crippen LogP contribution in [-0.2, 0) is 0 Å². The van der Waals surface area contributed by atoms with Crippen LogP contribution in [0.1, 0.15) is 5.56 Å². The van der Waals surface area contributed by atoms with Crippen LogP contribution >= 0.6 is 15.9 Å². The second-order valence-electron chi connectivity index (χ2n) is 2.52. The number of nitriles is 1. The summed E-state index contributed by atoms with van der Waals surface area (Å²) in [4.78, 5) is 0. The largest absolute Gasteiger partial charge is 0.434 e. The lowest BCUT2D eigenvalue weighted by Crippen LogP contribution is -2.03. The summed E-state index contributed by atoms with van der Waals surface area (Å²) >= 11 is 3.19. The van der Waals surface area contributed by atoms with Crippen molar-refractivity contribution in [1.82, 2.24) is 0 Å². The van der Waals surface area contributed by atoms with Gasteiger partial charge in [-0.25, -0.2) is 0 Å². The molecule has 0 aliphatic carbocycles. The maximum Gasteiger partial charge on any atom is 0.387 e. The van der Waals surface area contributed by atoms with Crippen LogP contribution in [0.2, 0.25) is 0 Å². The van der Waals surface area contributed by atoms with Gasteiger partial charge in [-0.05, 0) is 24.3 Å². The molecule has 0 aliphatic heterocycles. The highest BCUT2D eigenvalue weighted by atomic mass is 79.9. The predicted molar refractivity (Wildman–Crippen MR) is 55.4 cm³/mol. The van der Waals surface area contributed by atoms with E-state index in [1.54, 1.807) is 18.2 Å². The Kier molecular flexibility index (Phi) is 4.25. The average molecular weight is 274 g/mol. The van der Waals surface area contributed by atoms with Crippen molar-refractivity contribution in [3.8, 4) is 11.8 Å². The minimum absolute atomic E-state index is 0.0414. The van der Waals surface area contributed by atoms with E-state index >= 15 is 0 Å². The third-order valence-corrected chi connectivity index (χ3v) is 2.02. The Labute approximate surface area is 93.9 Å². The summed E-state index contributed by atoms with van der Waals surface area (Å²) in [5.74, 6) is 0.0414. The fraction of sp³-hybridized carbons (Fsp3) is 0.100. The van der Waals surface area contributed by atoms with Crippen LogP contribution in [0, 0.1) is 11.3 Å². The van der Waals surface area contributed by atoms with Gasteiger partial charge in [-0.3, -0.25) is 0 Å². The number of benzene rings is 1. The van der Waals surface area contributed by atoms with Gasteiger partial charge in [-0.15, -0.1) is 0 Å². The van der Waals surface area contributed by atoms with Crippen molar-refractivity contribution in [3.63, 3.8) is 0 Å². The topological polar surface area (TPSA) is 33.0 Å². The number of allylic oxidation sites excluding steroid dienone is 1. The van der Waals surface area contributed by atoms with Crippen molar-refractivity contribution in [1.29, 1.82) is 5.26 Å². The molecule has 0 aromatic heterocycles. The zero-order chi connectivity index (χ0) is 11.3. The van der Waals surface area contributed by atoms with Gasteiger partial charge in [0.15, 0.2) is 0 Å². The van der Waals surface area contributed by atoms with Crippen LogP contribution < -0.4 is 4.74 Å². The van der Waals surface area contributed by atoms with Crippen molar-refractivity contribution < 1.29 is 13.5 Å². The lowest BCUT2D eigenvalue weighted by molar-refractivity contribution is -0.0499. The number of alkyl halides is 2. The van der Waals surface area contributed by atoms with Gasteiger partial charge in [0.25, 0.3) is 0 Å². The Morgan fingerprint density at radius 3 is 2.80 bits per heavy atom. The Morgan fingerprint density at radius 2 is 2.20 bits per heavy atom. The first-order chi connectivity index (χ1) is 7.13. The smallest absolute Gasteiger partial charge is 0.387 e. The molecule has 0 bridgehead atoms. The maximum absolute atomic E-state index is 12.0. The first-order valence-corrected chi connectivity index (χ1v) is 4.73. The van der Waals surface area contributed by atoms with E-state index in [2.05, 4.69) is 20.7 Å². The van der Waals surface area contributed by atoms with Crippen molar-refractivity contribution >= 4 is 22.0 Å². The molecule has 0 saturated carbocycles. The molecule has 1 aromatic carbocycles. The SMILES string of the molecule is N#CC=Cc1cc(Br)ccc1OC(F)F. The summed E-state index contributed by atoms with van der Waals surface area (Å²) in [7, 11) is 0. The van der Waals surface area contributed by atoms with E-state index in [0.717, 1.165) is 4.47 Å². The molecule has 0 N–H and O–H groups in total. The fourth-order valence-corrected chi connectivity index (χ4v) is 1.36. The van der Waals surface area contributed by atoms with Gasteiger partial charge >= 0.3 is 6.61 Å². The lowest BCUT2D eigenvalue weighted by atomic mass is 10.2. The highest BCUT2D eigenvalue weighted by Crippen LogP contribution is 2.25. The quantitative estimate of drug-likeness (QED) is 0.789. The molecule has 0 heterocycles. The average Bonchev–Trinajstić information content (AvgIpc) is 2.18. The number of halogens is 3. The summed E-state index contributed by atoms with van der Waals surface area (Å²) in [6, 6.07) is 6.36. The van der Waals surface area contributed by atoms with Gasteiger partial charge in [0.1, 0.15) is 5.75 Å². The first kappa shape index (κ1) is 11.7. The van der Waals surface area contributed by atoms with Crippen LogP contribution in [0.3, 0.4) is 0 Å². The molecule has 2 nitrogen and oxygen atoms in total. The maximum atomic E-state index is 12.0. The van der Waals surface area contributed by atoms with E-state index < -0.39 is 6.61 Å². The number of hydrogen-bond acceptors (Lipinski definition) is 2. The van der Waals surface area contributed by atoms with Crippen molar-refractivity contribution in [3.05, 3.63) is 34.3 Å². The van der Waals surface area contributed by atoms with Gasteiger partial charge in [0, 0.05) is 16.1 Å². The van der Waals surface area contributed by atoms with Crippen LogP contribution in [0.4, 0.5) is 8.78 Å². The summed E-state index contributed by atoms with van der Waals surface area (Å²) in [5.41, 5.74) is 0.422. The van der Waals surface area contributed by atoms with Crippen LogP contribution in [0.25, 0.3) is 6.08 Å². The summed E-state index contributed by atoms with van der Waals surface area (Å²) in [5, 5.41) is 8.33. The van der Waals surface area contributed by atoms with Gasteiger partial charge in [-0.1, -0.05) is 15.9 Å². The zero-order valence-electron chi connectivity index (χ0n) is 7.45. The van der Waals surface area contributed by atoms with Gasteiger partial charge in [-0.2, -0.15) is 14.0 Å². The zero-order valence-corrected chi connectivity index (χ0v) is 9.04. The second-order valence-corrected chi connectivity index (χ2v) is 3.44. The highest BCUT2D eigenvalue weighted by Gasteiger charge is 2.07. The Balaban J connectivity index is 3.04. The number of nitrogens with zero attached hydrogens (tertiary/aromatic N) is 1. The van der Waals surface area contributed by atoms with E-state index in [1.165, 1.54) is 18.2 Å². The molecule has 78 valence electrons. The van der Waals surface area contributed by atoms with Crippen molar-refractivity contribution in [2.75, 3.05) is 0 Å². The normalized spacial score (nSPS) is 10.6. The number of rotatable bonds is 3. The Hall–Kier alpha value is -1.41. The van der Waals surface area contributed by atoms with Crippen molar-refractivity contribution in [2.24, 2.45) is 0 Å². The number of ether oxygens (including phenoxy) is 1. The molecule has 1 aromatic rings. The molecular formula is C10H6BrF2NO. The van der Waals surface area contributed by atoms with Crippen LogP contribution in [0.15, 0.2) is 28.7 Å². The third kappa shape index (κ3) is 3.68. The predicted octanol–water partition coefficient (Wildman–Crippen LogP) is 3.59. The van der Waals surface area contributed by atoms with Gasteiger partial charge in [0.2, 0.25) is 0 Å². The molecule has 0 fully saturated rings. The van der Waals surface area contributed by atoms with E-state index in [4.69, 9.17) is 5.26 Å². The van der Waals surface area contributed by atoms with Gasteiger partial charge in [0.05, 0.1) is 6.07 Å². The third-order valence-electron chi connectivity index (χ3n) is 1.53. The molecule has 0 unspecified atom stereocenters. The second kappa shape index (κ2) is 5.47. The monoisotopic (exact) mass is 273 g/mol. The molecule has 0 spiro atoms. The first-order valence-electron chi connectivity index (χ1n) is 3.94. The standard InChI is InChI=1S/C10H6BrF2NO/c11-8-3-4-9(15-10(12)13)7(6-8)2-1-5-14/h1-4,6,10H. The summed E-state index contributed by atoms with van der Waals surface area (Å²) in [6.07, 6.45) is 2.60. The lowest BCUT2D eigenvalue weighted by Gasteiger charge is -2.07. The van der Waals surface area contributed by atoms with Crippen LogP contribution in [0.5, 0.6) is 5.75 Å². The molecule has 0 atom stereocenters. The summed E-state index contributed by atoms with van der Waals surface area (Å²) in [6.45, 7) is -2.87. The minimum atomic E-state index is -2.87. The minimum Gasteiger partial charge on any atom is -0.434 e. The van der Waals surface area contributed by atoms with E-state index in [1.807, 2.05) is 0 Å². The number of hydrogen-bond donors (Lipinski definition) is 0. The van der Waals surface area contributed by atoms with Gasteiger partial charge < -0.3 is 4.74 Å². The molecule has 0 amide bonds. The molecular weight excluding hydrogens is 268 g/mol. The fourth-order valence-electron chi connectivity index (χ4n) is 0.980. The van der Waals surface area contributed by atoms with Crippen molar-refractivity contribution in [2.45, 2.75) is 6.61 Å². The molecule has 0 saturated heterocycles. The molecule has 1 rings (SSSR count).